The predicted molar refractivity (Wildman–Crippen MR) is 53.0 cm³/mol. The highest BCUT2D eigenvalue weighted by molar-refractivity contribution is 7.99. The number of rotatable bonds is 4. The van der Waals surface area contributed by atoms with Crippen LogP contribution in [-0.4, -0.2) is 34.7 Å². The molecule has 2 unspecified atom stereocenters. The van der Waals surface area contributed by atoms with Gasteiger partial charge in [0.25, 0.3) is 0 Å². The maximum absolute atomic E-state index is 10.9. The lowest BCUT2D eigenvalue weighted by molar-refractivity contribution is -0.140. The van der Waals surface area contributed by atoms with E-state index in [4.69, 9.17) is 5.11 Å². The van der Waals surface area contributed by atoms with Crippen molar-refractivity contribution in [2.24, 2.45) is 5.92 Å². The SMILES string of the molecule is O=C(O)C(NC1CCSC1)C1CC1. The molecule has 0 aromatic rings. The van der Waals surface area contributed by atoms with Crippen LogP contribution in [0, 0.1) is 5.92 Å². The summed E-state index contributed by atoms with van der Waals surface area (Å²) < 4.78 is 0. The number of nitrogens with one attached hydrogen (secondary N) is 1. The van der Waals surface area contributed by atoms with Crippen LogP contribution in [-0.2, 0) is 4.79 Å². The van der Waals surface area contributed by atoms with Crippen molar-refractivity contribution in [3.8, 4) is 0 Å². The molecule has 4 heteroatoms. The number of carbonyl (C=O) groups is 1. The number of carboxylic acids is 1. The molecule has 3 nitrogen and oxygen atoms in total. The normalized spacial score (nSPS) is 30.3. The van der Waals surface area contributed by atoms with Crippen LogP contribution >= 0.6 is 11.8 Å². The Hall–Kier alpha value is -0.220. The van der Waals surface area contributed by atoms with Gasteiger partial charge in [-0.1, -0.05) is 0 Å². The van der Waals surface area contributed by atoms with E-state index in [9.17, 15) is 4.79 Å². The summed E-state index contributed by atoms with van der Waals surface area (Å²) in [5.74, 6) is 1.99. The molecule has 0 amide bonds. The average Bonchev–Trinajstić information content (AvgIpc) is 2.79. The summed E-state index contributed by atoms with van der Waals surface area (Å²) in [4.78, 5) is 10.9. The zero-order valence-electron chi connectivity index (χ0n) is 7.53. The number of hydrogen-bond acceptors (Lipinski definition) is 3. The second kappa shape index (κ2) is 3.88. The molecule has 13 heavy (non-hydrogen) atoms. The molecule has 2 N–H and O–H groups in total. The monoisotopic (exact) mass is 201 g/mol. The Morgan fingerprint density at radius 1 is 1.46 bits per heavy atom. The molecule has 2 rings (SSSR count). The van der Waals surface area contributed by atoms with E-state index in [2.05, 4.69) is 5.32 Å². The van der Waals surface area contributed by atoms with Crippen molar-refractivity contribution in [2.45, 2.75) is 31.3 Å². The van der Waals surface area contributed by atoms with Crippen molar-refractivity contribution in [1.82, 2.24) is 5.32 Å². The second-order valence-electron chi connectivity index (χ2n) is 3.88. The minimum atomic E-state index is -0.667. The molecule has 1 aliphatic heterocycles. The Morgan fingerprint density at radius 3 is 2.69 bits per heavy atom. The zero-order valence-corrected chi connectivity index (χ0v) is 8.35. The summed E-state index contributed by atoms with van der Waals surface area (Å²) in [6, 6.07) is 0.162. The van der Waals surface area contributed by atoms with Crippen LogP contribution in [0.1, 0.15) is 19.3 Å². The summed E-state index contributed by atoms with van der Waals surface area (Å²) >= 11 is 1.91. The van der Waals surface area contributed by atoms with Gasteiger partial charge in [-0.25, -0.2) is 0 Å². The van der Waals surface area contributed by atoms with Crippen molar-refractivity contribution < 1.29 is 9.90 Å². The molecule has 1 aliphatic carbocycles. The van der Waals surface area contributed by atoms with Crippen molar-refractivity contribution >= 4 is 17.7 Å². The molecular formula is C9H15NO2S. The number of hydrogen-bond donors (Lipinski definition) is 2. The fourth-order valence-electron chi connectivity index (χ4n) is 1.76. The van der Waals surface area contributed by atoms with Crippen molar-refractivity contribution in [3.63, 3.8) is 0 Å². The molecule has 74 valence electrons. The van der Waals surface area contributed by atoms with Crippen LogP contribution in [0.3, 0.4) is 0 Å². The second-order valence-corrected chi connectivity index (χ2v) is 5.03. The third kappa shape index (κ3) is 2.38. The number of carboxylic acid groups (broad SMARTS) is 1. The van der Waals surface area contributed by atoms with Crippen LogP contribution in [0.25, 0.3) is 0 Å². The molecule has 2 fully saturated rings. The van der Waals surface area contributed by atoms with Gasteiger partial charge in [-0.15, -0.1) is 0 Å². The molecule has 1 saturated carbocycles. The molecule has 0 aromatic carbocycles. The van der Waals surface area contributed by atoms with Crippen molar-refractivity contribution in [1.29, 1.82) is 0 Å². The molecule has 2 aliphatic rings. The Kier molecular flexibility index (Phi) is 2.79. The van der Waals surface area contributed by atoms with E-state index in [-0.39, 0.29) is 6.04 Å². The average molecular weight is 201 g/mol. The van der Waals surface area contributed by atoms with Gasteiger partial charge in [-0.05, 0) is 30.9 Å². The molecule has 0 aromatic heterocycles. The third-order valence-electron chi connectivity index (χ3n) is 2.70. The van der Waals surface area contributed by atoms with E-state index in [0.717, 1.165) is 25.0 Å². The van der Waals surface area contributed by atoms with Crippen LogP contribution in [0.5, 0.6) is 0 Å². The van der Waals surface area contributed by atoms with E-state index < -0.39 is 5.97 Å². The first-order valence-electron chi connectivity index (χ1n) is 4.84. The predicted octanol–water partition coefficient (Wildman–Crippen LogP) is 0.945. The van der Waals surface area contributed by atoms with Gasteiger partial charge in [0.05, 0.1) is 0 Å². The zero-order chi connectivity index (χ0) is 9.26. The molecule has 0 spiro atoms. The largest absolute Gasteiger partial charge is 0.480 e. The molecule has 1 saturated heterocycles. The summed E-state index contributed by atoms with van der Waals surface area (Å²) in [5.41, 5.74) is 0. The highest BCUT2D eigenvalue weighted by atomic mass is 32.2. The standard InChI is InChI=1S/C9H15NO2S/c11-9(12)8(6-1-2-6)10-7-3-4-13-5-7/h6-8,10H,1-5H2,(H,11,12). The molecule has 1 heterocycles. The van der Waals surface area contributed by atoms with Crippen LogP contribution < -0.4 is 5.32 Å². The first-order valence-corrected chi connectivity index (χ1v) is 5.99. The van der Waals surface area contributed by atoms with Crippen LogP contribution in [0.15, 0.2) is 0 Å². The summed E-state index contributed by atoms with van der Waals surface area (Å²) in [6.07, 6.45) is 3.30. The highest BCUT2D eigenvalue weighted by Crippen LogP contribution is 2.33. The van der Waals surface area contributed by atoms with Gasteiger partial charge in [0.1, 0.15) is 6.04 Å². The number of thioether (sulfide) groups is 1. The lowest BCUT2D eigenvalue weighted by Crippen LogP contribution is -2.44. The maximum atomic E-state index is 10.9. The first-order chi connectivity index (χ1) is 6.27. The topological polar surface area (TPSA) is 49.3 Å². The van der Waals surface area contributed by atoms with E-state index in [1.54, 1.807) is 0 Å². The Labute approximate surface area is 82.3 Å². The van der Waals surface area contributed by atoms with Crippen molar-refractivity contribution in [3.05, 3.63) is 0 Å². The Balaban J connectivity index is 1.84. The molecule has 2 atom stereocenters. The molecule has 0 radical (unpaired) electrons. The van der Waals surface area contributed by atoms with Gasteiger partial charge in [0.15, 0.2) is 0 Å². The van der Waals surface area contributed by atoms with Gasteiger partial charge in [-0.3, -0.25) is 4.79 Å². The van der Waals surface area contributed by atoms with Gasteiger partial charge in [0.2, 0.25) is 0 Å². The van der Waals surface area contributed by atoms with Gasteiger partial charge >= 0.3 is 5.97 Å². The van der Waals surface area contributed by atoms with E-state index in [1.165, 1.54) is 5.75 Å². The van der Waals surface area contributed by atoms with Gasteiger partial charge in [0, 0.05) is 11.8 Å². The van der Waals surface area contributed by atoms with E-state index in [1.807, 2.05) is 11.8 Å². The Bertz CT molecular complexity index is 200. The quantitative estimate of drug-likeness (QED) is 0.711. The van der Waals surface area contributed by atoms with Crippen LogP contribution in [0.2, 0.25) is 0 Å². The lowest BCUT2D eigenvalue weighted by Gasteiger charge is -2.18. The summed E-state index contributed by atoms with van der Waals surface area (Å²) in [6.45, 7) is 0. The minimum Gasteiger partial charge on any atom is -0.480 e. The fourth-order valence-corrected chi connectivity index (χ4v) is 2.92. The lowest BCUT2D eigenvalue weighted by atomic mass is 10.1. The summed E-state index contributed by atoms with van der Waals surface area (Å²) in [7, 11) is 0. The number of aliphatic carboxylic acids is 1. The van der Waals surface area contributed by atoms with E-state index >= 15 is 0 Å². The smallest absolute Gasteiger partial charge is 0.320 e. The van der Waals surface area contributed by atoms with Gasteiger partial charge < -0.3 is 10.4 Å². The minimum absolute atomic E-state index is 0.274. The van der Waals surface area contributed by atoms with Crippen molar-refractivity contribution in [2.75, 3.05) is 11.5 Å². The third-order valence-corrected chi connectivity index (χ3v) is 3.87. The Morgan fingerprint density at radius 2 is 2.23 bits per heavy atom. The maximum Gasteiger partial charge on any atom is 0.320 e. The molecule has 0 bridgehead atoms. The molecular weight excluding hydrogens is 186 g/mol. The highest BCUT2D eigenvalue weighted by Gasteiger charge is 2.37. The first kappa shape index (κ1) is 9.34. The summed E-state index contributed by atoms with van der Waals surface area (Å²) in [5, 5.41) is 12.2. The van der Waals surface area contributed by atoms with Crippen LogP contribution in [0.4, 0.5) is 0 Å². The van der Waals surface area contributed by atoms with E-state index in [0.29, 0.717) is 12.0 Å². The van der Waals surface area contributed by atoms with Gasteiger partial charge in [-0.2, -0.15) is 11.8 Å². The fraction of sp³-hybridized carbons (Fsp3) is 0.889.